The van der Waals surface area contributed by atoms with Gasteiger partial charge in [-0.1, -0.05) is 0 Å². The van der Waals surface area contributed by atoms with Gasteiger partial charge in [0.25, 0.3) is 0 Å². The van der Waals surface area contributed by atoms with Gasteiger partial charge in [-0.25, -0.2) is 0 Å². The second-order valence-electron chi connectivity index (χ2n) is 5.06. The summed E-state index contributed by atoms with van der Waals surface area (Å²) < 4.78 is 5.38. The van der Waals surface area contributed by atoms with Crippen molar-refractivity contribution >= 4 is 23.3 Å². The van der Waals surface area contributed by atoms with E-state index >= 15 is 0 Å². The molecular weight excluding hydrogens is 284 g/mol. The van der Waals surface area contributed by atoms with Crippen molar-refractivity contribution in [2.45, 2.75) is 13.0 Å². The smallest absolute Gasteiger partial charge is 0.244 e. The normalized spacial score (nSPS) is 13.0. The first kappa shape index (κ1) is 15.5. The van der Waals surface area contributed by atoms with E-state index in [2.05, 4.69) is 21.7 Å². The minimum absolute atomic E-state index is 0.119. The standard InChI is InChI=1S/C16H20N2O2S/c1-12-4-5-14(20-12)6-7-16(19)17-10-15(18(2)3)13-8-9-21-11-13/h4-9,11,15H,10H2,1-3H3,(H,17,19)/b7-6+/t15-/m0/s1. The zero-order chi connectivity index (χ0) is 15.2. The minimum Gasteiger partial charge on any atom is -0.462 e. The number of furan rings is 1. The Morgan fingerprint density at radius 3 is 2.81 bits per heavy atom. The molecule has 2 heterocycles. The van der Waals surface area contributed by atoms with E-state index < -0.39 is 0 Å². The quantitative estimate of drug-likeness (QED) is 0.834. The number of aryl methyl sites for hydroxylation is 1. The molecule has 2 aromatic rings. The summed E-state index contributed by atoms with van der Waals surface area (Å²) in [6.45, 7) is 2.45. The van der Waals surface area contributed by atoms with Crippen molar-refractivity contribution in [3.8, 4) is 0 Å². The Morgan fingerprint density at radius 1 is 1.43 bits per heavy atom. The Bertz CT molecular complexity index is 600. The zero-order valence-corrected chi connectivity index (χ0v) is 13.3. The average Bonchev–Trinajstić information content (AvgIpc) is 3.08. The number of nitrogens with one attached hydrogen (secondary N) is 1. The molecule has 0 saturated carbocycles. The number of hydrogen-bond acceptors (Lipinski definition) is 4. The SMILES string of the molecule is Cc1ccc(/C=C/C(=O)NC[C@@H](c2ccsc2)N(C)C)o1. The van der Waals surface area contributed by atoms with Gasteiger partial charge < -0.3 is 14.6 Å². The predicted molar refractivity (Wildman–Crippen MR) is 86.2 cm³/mol. The second-order valence-corrected chi connectivity index (χ2v) is 5.84. The molecule has 0 aliphatic heterocycles. The molecule has 112 valence electrons. The van der Waals surface area contributed by atoms with Gasteiger partial charge >= 0.3 is 0 Å². The van der Waals surface area contributed by atoms with Gasteiger partial charge in [-0.05, 0) is 61.6 Å². The average molecular weight is 304 g/mol. The van der Waals surface area contributed by atoms with E-state index in [1.807, 2.05) is 38.5 Å². The number of rotatable bonds is 6. The number of likely N-dealkylation sites (N-methyl/N-ethyl adjacent to an activating group) is 1. The molecule has 4 nitrogen and oxygen atoms in total. The monoisotopic (exact) mass is 304 g/mol. The van der Waals surface area contributed by atoms with Gasteiger partial charge in [0.05, 0.1) is 6.04 Å². The fraction of sp³-hybridized carbons (Fsp3) is 0.312. The molecule has 2 rings (SSSR count). The molecule has 0 bridgehead atoms. The van der Waals surface area contributed by atoms with Crippen LogP contribution in [0.4, 0.5) is 0 Å². The Morgan fingerprint density at radius 2 is 2.24 bits per heavy atom. The highest BCUT2D eigenvalue weighted by atomic mass is 32.1. The molecule has 0 aliphatic carbocycles. The number of carbonyl (C=O) groups is 1. The third-order valence-electron chi connectivity index (χ3n) is 3.18. The summed E-state index contributed by atoms with van der Waals surface area (Å²) in [5.74, 6) is 1.40. The van der Waals surface area contributed by atoms with E-state index in [4.69, 9.17) is 4.42 Å². The van der Waals surface area contributed by atoms with Crippen molar-refractivity contribution in [2.75, 3.05) is 20.6 Å². The lowest BCUT2D eigenvalue weighted by atomic mass is 10.1. The van der Waals surface area contributed by atoms with Crippen LogP contribution in [0.1, 0.15) is 23.1 Å². The maximum atomic E-state index is 11.9. The van der Waals surface area contributed by atoms with Crippen LogP contribution in [0.25, 0.3) is 6.08 Å². The molecule has 1 atom stereocenters. The van der Waals surface area contributed by atoms with Crippen molar-refractivity contribution in [3.05, 3.63) is 52.1 Å². The van der Waals surface area contributed by atoms with Gasteiger partial charge in [-0.3, -0.25) is 4.79 Å². The van der Waals surface area contributed by atoms with Crippen LogP contribution in [-0.4, -0.2) is 31.4 Å². The lowest BCUT2D eigenvalue weighted by molar-refractivity contribution is -0.116. The molecule has 5 heteroatoms. The van der Waals surface area contributed by atoms with Crippen LogP contribution in [-0.2, 0) is 4.79 Å². The van der Waals surface area contributed by atoms with Crippen LogP contribution in [0, 0.1) is 6.92 Å². The molecule has 0 spiro atoms. The van der Waals surface area contributed by atoms with Gasteiger partial charge in [0.2, 0.25) is 5.91 Å². The second kappa shape index (κ2) is 7.24. The lowest BCUT2D eigenvalue weighted by Crippen LogP contribution is -2.33. The summed E-state index contributed by atoms with van der Waals surface area (Å²) >= 11 is 1.66. The van der Waals surface area contributed by atoms with E-state index in [1.165, 1.54) is 11.6 Å². The molecule has 1 amide bonds. The molecule has 0 saturated heterocycles. The highest BCUT2D eigenvalue weighted by Crippen LogP contribution is 2.19. The van der Waals surface area contributed by atoms with E-state index in [-0.39, 0.29) is 11.9 Å². The maximum Gasteiger partial charge on any atom is 0.244 e. The Labute approximate surface area is 129 Å². The summed E-state index contributed by atoms with van der Waals surface area (Å²) in [6.07, 6.45) is 3.18. The number of nitrogens with zero attached hydrogens (tertiary/aromatic N) is 1. The van der Waals surface area contributed by atoms with Crippen LogP contribution >= 0.6 is 11.3 Å². The van der Waals surface area contributed by atoms with Crippen LogP contribution in [0.2, 0.25) is 0 Å². The summed E-state index contributed by atoms with van der Waals surface area (Å²) in [6, 6.07) is 5.98. The van der Waals surface area contributed by atoms with Crippen molar-refractivity contribution in [2.24, 2.45) is 0 Å². The minimum atomic E-state index is -0.119. The van der Waals surface area contributed by atoms with Crippen LogP contribution < -0.4 is 5.32 Å². The van der Waals surface area contributed by atoms with Crippen molar-refractivity contribution < 1.29 is 9.21 Å². The van der Waals surface area contributed by atoms with Crippen molar-refractivity contribution in [3.63, 3.8) is 0 Å². The van der Waals surface area contributed by atoms with Gasteiger partial charge in [-0.2, -0.15) is 11.3 Å². The number of hydrogen-bond donors (Lipinski definition) is 1. The zero-order valence-electron chi connectivity index (χ0n) is 12.5. The van der Waals surface area contributed by atoms with E-state index in [0.29, 0.717) is 12.3 Å². The molecule has 21 heavy (non-hydrogen) atoms. The predicted octanol–water partition coefficient (Wildman–Crippen LogP) is 3.08. The first-order valence-corrected chi connectivity index (χ1v) is 7.71. The largest absolute Gasteiger partial charge is 0.462 e. The summed E-state index contributed by atoms with van der Waals surface area (Å²) in [7, 11) is 4.02. The number of thiophene rings is 1. The van der Waals surface area contributed by atoms with Crippen molar-refractivity contribution in [1.29, 1.82) is 0 Å². The Balaban J connectivity index is 1.89. The molecule has 0 radical (unpaired) electrons. The molecule has 1 N–H and O–H groups in total. The molecule has 2 aromatic heterocycles. The highest BCUT2D eigenvalue weighted by molar-refractivity contribution is 7.07. The number of carbonyl (C=O) groups excluding carboxylic acids is 1. The fourth-order valence-corrected chi connectivity index (χ4v) is 2.73. The van der Waals surface area contributed by atoms with Gasteiger partial charge in [0, 0.05) is 12.6 Å². The summed E-state index contributed by atoms with van der Waals surface area (Å²) in [5, 5.41) is 7.08. The molecule has 0 aliphatic rings. The molecule has 0 aromatic carbocycles. The van der Waals surface area contributed by atoms with E-state index in [0.717, 1.165) is 5.76 Å². The van der Waals surface area contributed by atoms with Crippen LogP contribution in [0.5, 0.6) is 0 Å². The first-order valence-electron chi connectivity index (χ1n) is 6.77. The van der Waals surface area contributed by atoms with Gasteiger partial charge in [0.1, 0.15) is 11.5 Å². The molecular formula is C16H20N2O2S. The van der Waals surface area contributed by atoms with Gasteiger partial charge in [0.15, 0.2) is 0 Å². The van der Waals surface area contributed by atoms with Gasteiger partial charge in [-0.15, -0.1) is 0 Å². The Hall–Kier alpha value is -1.85. The third-order valence-corrected chi connectivity index (χ3v) is 3.88. The first-order chi connectivity index (χ1) is 10.1. The van der Waals surface area contributed by atoms with E-state index in [9.17, 15) is 4.79 Å². The molecule has 0 fully saturated rings. The Kier molecular flexibility index (Phi) is 5.36. The van der Waals surface area contributed by atoms with Crippen LogP contribution in [0.3, 0.4) is 0 Å². The highest BCUT2D eigenvalue weighted by Gasteiger charge is 2.14. The van der Waals surface area contributed by atoms with Crippen LogP contribution in [0.15, 0.2) is 39.5 Å². The summed E-state index contributed by atoms with van der Waals surface area (Å²) in [5.41, 5.74) is 1.22. The topological polar surface area (TPSA) is 45.5 Å². The number of amides is 1. The third kappa shape index (κ3) is 4.58. The van der Waals surface area contributed by atoms with E-state index in [1.54, 1.807) is 17.4 Å². The summed E-state index contributed by atoms with van der Waals surface area (Å²) in [4.78, 5) is 14.0. The maximum absolute atomic E-state index is 11.9. The lowest BCUT2D eigenvalue weighted by Gasteiger charge is -2.23. The fourth-order valence-electron chi connectivity index (χ4n) is 2.02. The van der Waals surface area contributed by atoms with Crippen molar-refractivity contribution in [1.82, 2.24) is 10.2 Å². The molecule has 0 unspecified atom stereocenters.